The highest BCUT2D eigenvalue weighted by Crippen LogP contribution is 2.08. The molecular weight excluding hydrogens is 136 g/mol. The van der Waals surface area contributed by atoms with E-state index in [4.69, 9.17) is 0 Å². The van der Waals surface area contributed by atoms with Gasteiger partial charge in [0.2, 0.25) is 0 Å². The van der Waals surface area contributed by atoms with Crippen LogP contribution in [-0.2, 0) is 12.8 Å². The summed E-state index contributed by atoms with van der Waals surface area (Å²) in [5.41, 5.74) is 2.63. The van der Waals surface area contributed by atoms with Crippen molar-refractivity contribution in [1.82, 2.24) is 10.3 Å². The lowest BCUT2D eigenvalue weighted by Gasteiger charge is -2.00. The van der Waals surface area contributed by atoms with Crippen LogP contribution in [0.2, 0.25) is 0 Å². The average molecular weight is 147 g/mol. The standard InChI is InChI=1S/C9H11N2/c1-2-8-3-6-10-7-4-9(8)11-5-1/h1-2,5H,3-4,6-7H2. The molecule has 0 atom stereocenters. The summed E-state index contributed by atoms with van der Waals surface area (Å²) in [6, 6.07) is 4.16. The van der Waals surface area contributed by atoms with Crippen LogP contribution in [0.3, 0.4) is 0 Å². The fraction of sp³-hybridized carbons (Fsp3) is 0.444. The van der Waals surface area contributed by atoms with E-state index in [-0.39, 0.29) is 0 Å². The van der Waals surface area contributed by atoms with Crippen LogP contribution in [0.1, 0.15) is 11.3 Å². The molecule has 0 amide bonds. The Balaban J connectivity index is 2.33. The van der Waals surface area contributed by atoms with E-state index in [9.17, 15) is 0 Å². The summed E-state index contributed by atoms with van der Waals surface area (Å²) in [5.74, 6) is 0. The molecule has 0 N–H and O–H groups in total. The second-order valence-corrected chi connectivity index (χ2v) is 2.78. The summed E-state index contributed by atoms with van der Waals surface area (Å²) < 4.78 is 0. The maximum absolute atomic E-state index is 4.35. The Kier molecular flexibility index (Phi) is 1.86. The van der Waals surface area contributed by atoms with Crippen molar-refractivity contribution in [1.29, 1.82) is 0 Å². The van der Waals surface area contributed by atoms with E-state index in [0.29, 0.717) is 0 Å². The Bertz CT molecular complexity index is 220. The van der Waals surface area contributed by atoms with Crippen molar-refractivity contribution >= 4 is 0 Å². The fourth-order valence-corrected chi connectivity index (χ4v) is 1.42. The Morgan fingerprint density at radius 1 is 1.18 bits per heavy atom. The van der Waals surface area contributed by atoms with Crippen molar-refractivity contribution in [2.75, 3.05) is 13.1 Å². The van der Waals surface area contributed by atoms with Gasteiger partial charge < -0.3 is 0 Å². The van der Waals surface area contributed by atoms with Gasteiger partial charge in [0, 0.05) is 31.4 Å². The van der Waals surface area contributed by atoms with Crippen molar-refractivity contribution in [2.45, 2.75) is 12.8 Å². The third-order valence-corrected chi connectivity index (χ3v) is 2.03. The molecule has 1 aliphatic heterocycles. The molecule has 0 unspecified atom stereocenters. The van der Waals surface area contributed by atoms with E-state index in [1.54, 1.807) is 0 Å². The highest BCUT2D eigenvalue weighted by atomic mass is 14.9. The monoisotopic (exact) mass is 147 g/mol. The van der Waals surface area contributed by atoms with E-state index in [2.05, 4.69) is 16.4 Å². The lowest BCUT2D eigenvalue weighted by atomic mass is 10.1. The van der Waals surface area contributed by atoms with Crippen LogP contribution in [0.5, 0.6) is 0 Å². The van der Waals surface area contributed by atoms with Crippen LogP contribution in [0.4, 0.5) is 0 Å². The second kappa shape index (κ2) is 3.01. The molecule has 2 heterocycles. The molecule has 2 nitrogen and oxygen atoms in total. The summed E-state index contributed by atoms with van der Waals surface area (Å²) in [6.45, 7) is 1.92. The van der Waals surface area contributed by atoms with E-state index in [0.717, 1.165) is 25.9 Å². The largest absolute Gasteiger partial charge is 0.261 e. The molecule has 0 aliphatic carbocycles. The van der Waals surface area contributed by atoms with Crippen molar-refractivity contribution in [3.8, 4) is 0 Å². The van der Waals surface area contributed by atoms with Crippen LogP contribution in [0, 0.1) is 0 Å². The van der Waals surface area contributed by atoms with Crippen LogP contribution in [-0.4, -0.2) is 18.1 Å². The van der Waals surface area contributed by atoms with E-state index < -0.39 is 0 Å². The first-order valence-corrected chi connectivity index (χ1v) is 4.03. The molecule has 1 aromatic heterocycles. The lowest BCUT2D eigenvalue weighted by Crippen LogP contribution is -2.07. The third kappa shape index (κ3) is 1.40. The molecule has 57 valence electrons. The first kappa shape index (κ1) is 6.80. The zero-order valence-electron chi connectivity index (χ0n) is 6.45. The van der Waals surface area contributed by atoms with Crippen molar-refractivity contribution in [3.63, 3.8) is 0 Å². The minimum Gasteiger partial charge on any atom is -0.261 e. The smallest absolute Gasteiger partial charge is 0.0449 e. The summed E-state index contributed by atoms with van der Waals surface area (Å²) in [4.78, 5) is 4.32. The van der Waals surface area contributed by atoms with Gasteiger partial charge in [-0.15, -0.1) is 0 Å². The molecule has 11 heavy (non-hydrogen) atoms. The molecule has 1 aromatic rings. The molecule has 0 spiro atoms. The quantitative estimate of drug-likeness (QED) is 0.533. The topological polar surface area (TPSA) is 27.0 Å². The summed E-state index contributed by atoms with van der Waals surface area (Å²) in [7, 11) is 0. The van der Waals surface area contributed by atoms with Gasteiger partial charge in [0.15, 0.2) is 0 Å². The zero-order valence-corrected chi connectivity index (χ0v) is 6.45. The van der Waals surface area contributed by atoms with Crippen LogP contribution >= 0.6 is 0 Å². The first-order chi connectivity index (χ1) is 5.47. The minimum atomic E-state index is 0.948. The number of aromatic nitrogens is 1. The SMILES string of the molecule is c1cnc2c(c1)CC[N]CC2. The Labute approximate surface area is 66.7 Å². The van der Waals surface area contributed by atoms with Crippen molar-refractivity contribution < 1.29 is 0 Å². The summed E-state index contributed by atoms with van der Waals surface area (Å²) >= 11 is 0. The molecule has 0 fully saturated rings. The van der Waals surface area contributed by atoms with Crippen LogP contribution < -0.4 is 5.32 Å². The van der Waals surface area contributed by atoms with Gasteiger partial charge in [-0.3, -0.25) is 4.98 Å². The van der Waals surface area contributed by atoms with Gasteiger partial charge in [0.1, 0.15) is 0 Å². The maximum atomic E-state index is 4.35. The maximum Gasteiger partial charge on any atom is 0.0449 e. The van der Waals surface area contributed by atoms with E-state index in [1.807, 2.05) is 12.3 Å². The molecule has 0 saturated carbocycles. The van der Waals surface area contributed by atoms with Gasteiger partial charge in [-0.2, -0.15) is 0 Å². The van der Waals surface area contributed by atoms with Gasteiger partial charge in [0.25, 0.3) is 0 Å². The Morgan fingerprint density at radius 2 is 2.09 bits per heavy atom. The van der Waals surface area contributed by atoms with E-state index >= 15 is 0 Å². The molecule has 1 aliphatic rings. The molecule has 0 bridgehead atoms. The molecule has 2 rings (SSSR count). The lowest BCUT2D eigenvalue weighted by molar-refractivity contribution is 0.693. The molecule has 1 radical (unpaired) electrons. The zero-order chi connectivity index (χ0) is 7.52. The number of pyridine rings is 1. The number of nitrogens with zero attached hydrogens (tertiary/aromatic N) is 2. The first-order valence-electron chi connectivity index (χ1n) is 4.03. The Morgan fingerprint density at radius 3 is 3.09 bits per heavy atom. The third-order valence-electron chi connectivity index (χ3n) is 2.03. The van der Waals surface area contributed by atoms with Crippen molar-refractivity contribution in [3.05, 3.63) is 29.6 Å². The summed E-state index contributed by atoms with van der Waals surface area (Å²) in [5, 5.41) is 4.35. The van der Waals surface area contributed by atoms with Crippen LogP contribution in [0.15, 0.2) is 18.3 Å². The molecule has 0 aromatic carbocycles. The van der Waals surface area contributed by atoms with Crippen molar-refractivity contribution in [2.24, 2.45) is 0 Å². The molecule has 2 heteroatoms. The van der Waals surface area contributed by atoms with Gasteiger partial charge >= 0.3 is 0 Å². The van der Waals surface area contributed by atoms with Gasteiger partial charge in [-0.1, -0.05) is 6.07 Å². The van der Waals surface area contributed by atoms with Gasteiger partial charge in [-0.25, -0.2) is 5.32 Å². The number of hydrogen-bond acceptors (Lipinski definition) is 1. The van der Waals surface area contributed by atoms with E-state index in [1.165, 1.54) is 11.3 Å². The highest BCUT2D eigenvalue weighted by Gasteiger charge is 2.06. The van der Waals surface area contributed by atoms with Gasteiger partial charge in [0.05, 0.1) is 0 Å². The highest BCUT2D eigenvalue weighted by molar-refractivity contribution is 5.21. The normalized spacial score (nSPS) is 17.1. The minimum absolute atomic E-state index is 0.948. The number of fused-ring (bicyclic) bond motifs is 1. The summed E-state index contributed by atoms with van der Waals surface area (Å²) in [6.07, 6.45) is 3.96. The average Bonchev–Trinajstić information content (AvgIpc) is 2.28. The Hall–Kier alpha value is -0.890. The fourth-order valence-electron chi connectivity index (χ4n) is 1.42. The number of rotatable bonds is 0. The number of hydrogen-bond donors (Lipinski definition) is 0. The molecule has 0 saturated heterocycles. The van der Waals surface area contributed by atoms with Gasteiger partial charge in [-0.05, 0) is 18.1 Å². The predicted octanol–water partition coefficient (Wildman–Crippen LogP) is 0.785. The predicted molar refractivity (Wildman–Crippen MR) is 43.5 cm³/mol. The molecular formula is C9H11N2. The van der Waals surface area contributed by atoms with Crippen LogP contribution in [0.25, 0.3) is 0 Å². The second-order valence-electron chi connectivity index (χ2n) is 2.78.